The van der Waals surface area contributed by atoms with Crippen LogP contribution in [0.5, 0.6) is 0 Å². The van der Waals surface area contributed by atoms with Crippen molar-refractivity contribution in [2.75, 3.05) is 5.84 Å². The standard InChI is InChI=1S/C13H10N2/c14-15-12-8-3-1-2-6-10(12)11-7-4-5-9-13(11)15/h4-9H,2,14H2. The second kappa shape index (κ2) is 2.93. The Morgan fingerprint density at radius 3 is 3.07 bits per heavy atom. The molecule has 2 heteroatoms. The number of fused-ring (bicyclic) bond motifs is 3. The Hall–Kier alpha value is -2.14. The molecule has 0 radical (unpaired) electrons. The van der Waals surface area contributed by atoms with Crippen LogP contribution in [0.25, 0.3) is 23.1 Å². The Balaban J connectivity index is 2.65. The first-order chi connectivity index (χ1) is 7.38. The fourth-order valence-corrected chi connectivity index (χ4v) is 2.00. The van der Waals surface area contributed by atoms with Crippen LogP contribution in [0.4, 0.5) is 0 Å². The third-order valence-corrected chi connectivity index (χ3v) is 2.71. The number of para-hydroxylation sites is 1. The third-order valence-electron chi connectivity index (χ3n) is 2.71. The number of benzene rings is 1. The van der Waals surface area contributed by atoms with Crippen LogP contribution >= 0.6 is 0 Å². The van der Waals surface area contributed by atoms with Gasteiger partial charge in [0.15, 0.2) is 0 Å². The maximum absolute atomic E-state index is 6.03. The highest BCUT2D eigenvalue weighted by atomic mass is 15.3. The molecule has 0 saturated carbocycles. The molecule has 0 fully saturated rings. The van der Waals surface area contributed by atoms with Gasteiger partial charge in [0.1, 0.15) is 0 Å². The van der Waals surface area contributed by atoms with Crippen LogP contribution in [0.3, 0.4) is 0 Å². The molecule has 1 aliphatic rings. The van der Waals surface area contributed by atoms with Crippen molar-refractivity contribution in [3.05, 3.63) is 34.8 Å². The summed E-state index contributed by atoms with van der Waals surface area (Å²) in [5, 5.41) is 3.38. The van der Waals surface area contributed by atoms with Crippen LogP contribution in [0.2, 0.25) is 0 Å². The molecule has 0 aliphatic heterocycles. The van der Waals surface area contributed by atoms with Gasteiger partial charge in [-0.3, -0.25) is 4.68 Å². The summed E-state index contributed by atoms with van der Waals surface area (Å²) < 4.78 is 1.71. The summed E-state index contributed by atoms with van der Waals surface area (Å²) in [4.78, 5) is 0. The van der Waals surface area contributed by atoms with Gasteiger partial charge in [0.25, 0.3) is 0 Å². The Morgan fingerprint density at radius 1 is 1.27 bits per heavy atom. The molecule has 0 atom stereocenters. The van der Waals surface area contributed by atoms with Crippen molar-refractivity contribution in [1.29, 1.82) is 0 Å². The van der Waals surface area contributed by atoms with Crippen molar-refractivity contribution in [2.24, 2.45) is 0 Å². The van der Waals surface area contributed by atoms with E-state index in [4.69, 9.17) is 5.84 Å². The summed E-state index contributed by atoms with van der Waals surface area (Å²) >= 11 is 0. The van der Waals surface area contributed by atoms with Crippen LogP contribution < -0.4 is 16.4 Å². The van der Waals surface area contributed by atoms with E-state index in [-0.39, 0.29) is 0 Å². The van der Waals surface area contributed by atoms with E-state index in [1.807, 2.05) is 24.3 Å². The van der Waals surface area contributed by atoms with Crippen LogP contribution in [-0.2, 0) is 0 Å². The summed E-state index contributed by atoms with van der Waals surface area (Å²) in [5.74, 6) is 12.1. The quantitative estimate of drug-likeness (QED) is 0.475. The molecular weight excluding hydrogens is 184 g/mol. The molecule has 1 aromatic carbocycles. The maximum atomic E-state index is 6.03. The van der Waals surface area contributed by atoms with Gasteiger partial charge in [0.2, 0.25) is 0 Å². The van der Waals surface area contributed by atoms with Crippen molar-refractivity contribution in [3.8, 4) is 11.8 Å². The lowest BCUT2D eigenvalue weighted by Crippen LogP contribution is -2.33. The van der Waals surface area contributed by atoms with E-state index in [2.05, 4.69) is 24.0 Å². The average molecular weight is 194 g/mol. The Kier molecular flexibility index (Phi) is 1.60. The lowest BCUT2D eigenvalue weighted by Gasteiger charge is -1.94. The van der Waals surface area contributed by atoms with Gasteiger partial charge in [-0.2, -0.15) is 0 Å². The summed E-state index contributed by atoms with van der Waals surface area (Å²) in [6.45, 7) is 0. The topological polar surface area (TPSA) is 30.9 Å². The smallest absolute Gasteiger partial charge is 0.0784 e. The SMILES string of the molecule is Nn1c2c(c3ccccc31)=CCC#CC=2. The summed E-state index contributed by atoms with van der Waals surface area (Å²) in [6.07, 6.45) is 4.81. The minimum Gasteiger partial charge on any atom is -0.339 e. The zero-order chi connectivity index (χ0) is 10.3. The normalized spacial score (nSPS) is 13.1. The van der Waals surface area contributed by atoms with Gasteiger partial charge in [-0.05, 0) is 6.07 Å². The van der Waals surface area contributed by atoms with Crippen LogP contribution in [0.1, 0.15) is 6.42 Å². The molecule has 1 aliphatic carbocycles. The van der Waals surface area contributed by atoms with Gasteiger partial charge in [-0.1, -0.05) is 36.1 Å². The molecule has 0 spiro atoms. The summed E-state index contributed by atoms with van der Waals surface area (Å²) in [5.41, 5.74) is 1.05. The summed E-state index contributed by atoms with van der Waals surface area (Å²) in [6, 6.07) is 8.14. The van der Waals surface area contributed by atoms with E-state index < -0.39 is 0 Å². The van der Waals surface area contributed by atoms with Gasteiger partial charge in [-0.15, -0.1) is 0 Å². The highest BCUT2D eigenvalue weighted by molar-refractivity contribution is 5.82. The third kappa shape index (κ3) is 1.07. The minimum atomic E-state index is 0.789. The number of hydrogen-bond donors (Lipinski definition) is 1. The van der Waals surface area contributed by atoms with Crippen molar-refractivity contribution in [3.63, 3.8) is 0 Å². The predicted octanol–water partition coefficient (Wildman–Crippen LogP) is 0.323. The van der Waals surface area contributed by atoms with Crippen molar-refractivity contribution < 1.29 is 0 Å². The number of nitrogens with two attached hydrogens (primary N) is 1. The number of nitrogens with zero attached hydrogens (tertiary/aromatic N) is 1. The van der Waals surface area contributed by atoms with Gasteiger partial charge in [0, 0.05) is 23.1 Å². The molecule has 1 heterocycles. The van der Waals surface area contributed by atoms with Gasteiger partial charge < -0.3 is 5.84 Å². The first-order valence-corrected chi connectivity index (χ1v) is 4.91. The van der Waals surface area contributed by atoms with E-state index in [1.54, 1.807) is 4.68 Å². The molecular formula is C13H10N2. The highest BCUT2D eigenvalue weighted by Gasteiger charge is 2.03. The zero-order valence-corrected chi connectivity index (χ0v) is 8.20. The number of rotatable bonds is 0. The molecule has 0 bridgehead atoms. The number of aromatic nitrogens is 1. The molecule has 15 heavy (non-hydrogen) atoms. The van der Waals surface area contributed by atoms with Crippen molar-refractivity contribution >= 4 is 23.1 Å². The largest absolute Gasteiger partial charge is 0.339 e. The second-order valence-corrected chi connectivity index (χ2v) is 3.56. The zero-order valence-electron chi connectivity index (χ0n) is 8.20. The molecule has 0 saturated heterocycles. The lowest BCUT2D eigenvalue weighted by atomic mass is 10.2. The average Bonchev–Trinajstić information content (AvgIpc) is 2.48. The van der Waals surface area contributed by atoms with E-state index >= 15 is 0 Å². The van der Waals surface area contributed by atoms with E-state index in [0.29, 0.717) is 0 Å². The minimum absolute atomic E-state index is 0.789. The Bertz CT molecular complexity index is 709. The molecule has 2 nitrogen and oxygen atoms in total. The van der Waals surface area contributed by atoms with E-state index in [1.165, 1.54) is 10.6 Å². The van der Waals surface area contributed by atoms with Gasteiger partial charge in [-0.25, -0.2) is 0 Å². The number of hydrogen-bond acceptors (Lipinski definition) is 1. The monoisotopic (exact) mass is 194 g/mol. The molecule has 2 aromatic rings. The lowest BCUT2D eigenvalue weighted by molar-refractivity contribution is 1.01. The van der Waals surface area contributed by atoms with Crippen molar-refractivity contribution in [1.82, 2.24) is 4.68 Å². The first-order valence-electron chi connectivity index (χ1n) is 4.91. The summed E-state index contributed by atoms with van der Waals surface area (Å²) in [7, 11) is 0. The van der Waals surface area contributed by atoms with E-state index in [9.17, 15) is 0 Å². The predicted molar refractivity (Wildman–Crippen MR) is 62.7 cm³/mol. The molecule has 1 aromatic heterocycles. The van der Waals surface area contributed by atoms with Crippen LogP contribution in [0.15, 0.2) is 24.3 Å². The molecule has 3 rings (SSSR count). The molecule has 0 unspecified atom stereocenters. The second-order valence-electron chi connectivity index (χ2n) is 3.56. The molecule has 0 amide bonds. The van der Waals surface area contributed by atoms with Crippen molar-refractivity contribution in [2.45, 2.75) is 6.42 Å². The van der Waals surface area contributed by atoms with Crippen LogP contribution in [-0.4, -0.2) is 4.68 Å². The number of nitrogen functional groups attached to an aromatic ring is 1. The molecule has 72 valence electrons. The van der Waals surface area contributed by atoms with E-state index in [0.717, 1.165) is 17.3 Å². The molecule has 2 N–H and O–H groups in total. The fourth-order valence-electron chi connectivity index (χ4n) is 2.00. The highest BCUT2D eigenvalue weighted by Crippen LogP contribution is 2.05. The van der Waals surface area contributed by atoms with Gasteiger partial charge >= 0.3 is 0 Å². The maximum Gasteiger partial charge on any atom is 0.0784 e. The van der Waals surface area contributed by atoms with Crippen LogP contribution in [0, 0.1) is 11.8 Å². The fraction of sp³-hybridized carbons (Fsp3) is 0.0769. The Morgan fingerprint density at radius 2 is 2.13 bits per heavy atom. The Labute approximate surface area is 87.3 Å². The first kappa shape index (κ1) is 8.19. The van der Waals surface area contributed by atoms with Gasteiger partial charge in [0.05, 0.1) is 10.9 Å².